The van der Waals surface area contributed by atoms with E-state index in [1.54, 1.807) is 16.6 Å². The van der Waals surface area contributed by atoms with Crippen LogP contribution in [0.2, 0.25) is 0 Å². The van der Waals surface area contributed by atoms with E-state index < -0.39 is 6.04 Å². The zero-order valence-corrected chi connectivity index (χ0v) is 24.3. The lowest BCUT2D eigenvalue weighted by Crippen LogP contribution is -2.43. The number of rotatable bonds is 8. The van der Waals surface area contributed by atoms with E-state index in [0.717, 1.165) is 21.9 Å². The van der Waals surface area contributed by atoms with Gasteiger partial charge in [0.1, 0.15) is 24.1 Å². The molecule has 5 rings (SSSR count). The van der Waals surface area contributed by atoms with Crippen LogP contribution < -0.4 is 24.4 Å². The van der Waals surface area contributed by atoms with Crippen molar-refractivity contribution in [2.45, 2.75) is 26.8 Å². The van der Waals surface area contributed by atoms with Gasteiger partial charge in [-0.15, -0.1) is 6.42 Å². The molecule has 0 saturated heterocycles. The minimum atomic E-state index is -0.720. The van der Waals surface area contributed by atoms with Crippen LogP contribution in [0.1, 0.15) is 37.9 Å². The van der Waals surface area contributed by atoms with Crippen molar-refractivity contribution < 1.29 is 14.3 Å². The summed E-state index contributed by atoms with van der Waals surface area (Å²) in [7, 11) is 1.61. The van der Waals surface area contributed by atoms with Crippen molar-refractivity contribution in [2.75, 3.05) is 26.8 Å². The molecule has 1 aliphatic rings. The van der Waals surface area contributed by atoms with E-state index in [0.29, 0.717) is 45.2 Å². The monoisotopic (exact) mass is 565 g/mol. The lowest BCUT2D eigenvalue weighted by Gasteiger charge is -2.30. The van der Waals surface area contributed by atoms with Gasteiger partial charge in [-0.3, -0.25) is 14.2 Å². The molecule has 0 saturated carbocycles. The highest BCUT2D eigenvalue weighted by Gasteiger charge is 2.36. The fraction of sp³-hybridized carbons (Fsp3) is 0.242. The molecule has 0 radical (unpaired) electrons. The van der Waals surface area contributed by atoms with Crippen molar-refractivity contribution in [3.63, 3.8) is 0 Å². The van der Waals surface area contributed by atoms with E-state index in [1.807, 2.05) is 87.5 Å². The summed E-state index contributed by atoms with van der Waals surface area (Å²) in [5.41, 5.74) is 2.43. The highest BCUT2D eigenvalue weighted by atomic mass is 32.1. The molecule has 2 heterocycles. The molecule has 0 N–H and O–H groups in total. The molecule has 3 aromatic carbocycles. The van der Waals surface area contributed by atoms with Crippen molar-refractivity contribution in [1.82, 2.24) is 9.47 Å². The predicted octanol–water partition coefficient (Wildman–Crippen LogP) is 4.28. The molecule has 0 unspecified atom stereocenters. The first kappa shape index (κ1) is 27.9. The molecule has 8 heteroatoms. The Bertz CT molecular complexity index is 1870. The topological polar surface area (TPSA) is 73.1 Å². The molecule has 0 spiro atoms. The van der Waals surface area contributed by atoms with Gasteiger partial charge in [-0.25, -0.2) is 4.99 Å². The quantitative estimate of drug-likeness (QED) is 0.299. The van der Waals surface area contributed by atoms with Gasteiger partial charge in [-0.1, -0.05) is 59.7 Å². The van der Waals surface area contributed by atoms with Gasteiger partial charge >= 0.3 is 0 Å². The Kier molecular flexibility index (Phi) is 8.09. The van der Waals surface area contributed by atoms with Crippen LogP contribution in [-0.2, 0) is 4.79 Å². The number of hydrogen-bond acceptors (Lipinski definition) is 6. The molecule has 0 bridgehead atoms. The van der Waals surface area contributed by atoms with E-state index in [9.17, 15) is 9.59 Å². The number of likely N-dealkylation sites (N-methyl/N-ethyl adjacent to an activating group) is 1. The minimum absolute atomic E-state index is 0.145. The van der Waals surface area contributed by atoms with Gasteiger partial charge in [0.15, 0.2) is 4.80 Å². The Hall–Kier alpha value is -4.61. The van der Waals surface area contributed by atoms with Gasteiger partial charge in [-0.2, -0.15) is 0 Å². The van der Waals surface area contributed by atoms with Gasteiger partial charge in [0.25, 0.3) is 11.5 Å². The molecule has 1 aliphatic heterocycles. The molecular formula is C33H31N3O4S. The maximum atomic E-state index is 14.2. The SMILES string of the molecule is C#CCOc1ccc(/C=c2/sc3n(c2=O)[C@H](c2c(OC)ccc4ccccc24)C(C(=O)N(CC)CC)=C(C)N=3)cc1. The van der Waals surface area contributed by atoms with Gasteiger partial charge in [0.2, 0.25) is 0 Å². The Balaban J connectivity index is 1.77. The normalized spacial score (nSPS) is 14.8. The average molecular weight is 566 g/mol. The molecule has 0 fully saturated rings. The third kappa shape index (κ3) is 5.17. The summed E-state index contributed by atoms with van der Waals surface area (Å²) >= 11 is 1.30. The fourth-order valence-corrected chi connectivity index (χ4v) is 6.27. The number of hydrogen-bond donors (Lipinski definition) is 0. The Morgan fingerprint density at radius 3 is 2.54 bits per heavy atom. The Morgan fingerprint density at radius 1 is 1.12 bits per heavy atom. The minimum Gasteiger partial charge on any atom is -0.496 e. The average Bonchev–Trinajstić information content (AvgIpc) is 3.29. The Labute approximate surface area is 242 Å². The third-order valence-electron chi connectivity index (χ3n) is 7.23. The summed E-state index contributed by atoms with van der Waals surface area (Å²) in [6.07, 6.45) is 7.12. The molecular weight excluding hydrogens is 534 g/mol. The summed E-state index contributed by atoms with van der Waals surface area (Å²) in [4.78, 5) is 35.3. The number of benzene rings is 3. The molecule has 0 aliphatic carbocycles. The van der Waals surface area contributed by atoms with Crippen molar-refractivity contribution in [1.29, 1.82) is 0 Å². The first-order valence-electron chi connectivity index (χ1n) is 13.5. The molecule has 4 aromatic rings. The molecule has 41 heavy (non-hydrogen) atoms. The highest BCUT2D eigenvalue weighted by Crippen LogP contribution is 2.40. The van der Waals surface area contributed by atoms with E-state index in [-0.39, 0.29) is 18.1 Å². The van der Waals surface area contributed by atoms with Crippen LogP contribution >= 0.6 is 11.3 Å². The fourth-order valence-electron chi connectivity index (χ4n) is 5.22. The number of carbonyl (C=O) groups excluding carboxylic acids is 1. The number of ether oxygens (including phenoxy) is 2. The summed E-state index contributed by atoms with van der Waals surface area (Å²) in [6.45, 7) is 7.00. The Morgan fingerprint density at radius 2 is 1.85 bits per heavy atom. The van der Waals surface area contributed by atoms with Gasteiger partial charge in [0, 0.05) is 18.7 Å². The van der Waals surface area contributed by atoms with Crippen LogP contribution in [0.3, 0.4) is 0 Å². The molecule has 208 valence electrons. The first-order valence-corrected chi connectivity index (χ1v) is 14.3. The smallest absolute Gasteiger partial charge is 0.271 e. The molecule has 7 nitrogen and oxygen atoms in total. The number of amides is 1. The van der Waals surface area contributed by atoms with E-state index in [1.165, 1.54) is 11.3 Å². The van der Waals surface area contributed by atoms with Crippen LogP contribution in [0, 0.1) is 12.3 Å². The summed E-state index contributed by atoms with van der Waals surface area (Å²) in [5, 5.41) is 1.90. The van der Waals surface area contributed by atoms with Crippen molar-refractivity contribution >= 4 is 34.1 Å². The lowest BCUT2D eigenvalue weighted by atomic mass is 9.90. The van der Waals surface area contributed by atoms with Gasteiger partial charge in [-0.05, 0) is 61.4 Å². The number of aromatic nitrogens is 1. The van der Waals surface area contributed by atoms with Crippen molar-refractivity contribution in [3.05, 3.63) is 103 Å². The molecule has 1 amide bonds. The maximum absolute atomic E-state index is 14.2. The second-order valence-electron chi connectivity index (χ2n) is 9.52. The number of allylic oxidation sites excluding steroid dienone is 1. The van der Waals surface area contributed by atoms with Crippen LogP contribution in [0.15, 0.2) is 81.7 Å². The number of nitrogens with zero attached hydrogens (tertiary/aromatic N) is 3. The molecule has 1 atom stereocenters. The van der Waals surface area contributed by atoms with Crippen LogP contribution in [-0.4, -0.2) is 42.2 Å². The zero-order chi connectivity index (χ0) is 29.1. The lowest BCUT2D eigenvalue weighted by molar-refractivity contribution is -0.127. The van der Waals surface area contributed by atoms with Crippen LogP contribution in [0.4, 0.5) is 0 Å². The van der Waals surface area contributed by atoms with Crippen molar-refractivity contribution in [3.8, 4) is 23.8 Å². The third-order valence-corrected chi connectivity index (χ3v) is 8.21. The predicted molar refractivity (Wildman–Crippen MR) is 163 cm³/mol. The number of methoxy groups -OCH3 is 1. The van der Waals surface area contributed by atoms with E-state index in [4.69, 9.17) is 20.9 Å². The summed E-state index contributed by atoms with van der Waals surface area (Å²) in [6, 6.07) is 18.5. The standard InChI is InChI=1S/C33H31N3O4S/c1-6-19-40-24-16-13-22(14-17-24)20-27-31(37)36-30(29-25-12-10-9-11-23(25)15-18-26(29)39-5)28(21(4)34-33(36)41-27)32(38)35(7-2)8-3/h1,9-18,20,30H,7-8,19H2,2-5H3/b27-20+/t30-/m0/s1. The maximum Gasteiger partial charge on any atom is 0.271 e. The number of terminal acetylenes is 1. The largest absolute Gasteiger partial charge is 0.496 e. The molecule has 1 aromatic heterocycles. The second-order valence-corrected chi connectivity index (χ2v) is 10.5. The zero-order valence-electron chi connectivity index (χ0n) is 23.5. The summed E-state index contributed by atoms with van der Waals surface area (Å²) in [5.74, 6) is 3.56. The van der Waals surface area contributed by atoms with Crippen LogP contribution in [0.5, 0.6) is 11.5 Å². The highest BCUT2D eigenvalue weighted by molar-refractivity contribution is 7.07. The van der Waals surface area contributed by atoms with Gasteiger partial charge < -0.3 is 14.4 Å². The summed E-state index contributed by atoms with van der Waals surface area (Å²) < 4.78 is 13.5. The number of carbonyl (C=O) groups is 1. The van der Waals surface area contributed by atoms with Crippen LogP contribution in [0.25, 0.3) is 16.8 Å². The van der Waals surface area contributed by atoms with E-state index in [2.05, 4.69) is 5.92 Å². The number of fused-ring (bicyclic) bond motifs is 2. The number of thiazole rings is 1. The first-order chi connectivity index (χ1) is 19.9. The van der Waals surface area contributed by atoms with E-state index >= 15 is 0 Å². The second kappa shape index (κ2) is 11.9. The van der Waals surface area contributed by atoms with Crippen molar-refractivity contribution in [2.24, 2.45) is 4.99 Å². The van der Waals surface area contributed by atoms with Gasteiger partial charge in [0.05, 0.1) is 22.9 Å².